The van der Waals surface area contributed by atoms with Crippen LogP contribution in [0.3, 0.4) is 0 Å². The van der Waals surface area contributed by atoms with E-state index in [-0.39, 0.29) is 41.2 Å². The number of halogens is 2. The zero-order valence-corrected chi connectivity index (χ0v) is 19.2. The van der Waals surface area contributed by atoms with Crippen LogP contribution in [0.25, 0.3) is 0 Å². The molecule has 1 N–H and O–H groups in total. The Bertz CT molecular complexity index is 1100. The minimum atomic E-state index is -0.578. The number of hydrogen-bond donors (Lipinski definition) is 1. The number of fused-ring (bicyclic) bond motifs is 1. The van der Waals surface area contributed by atoms with E-state index in [2.05, 4.69) is 15.0 Å². The lowest BCUT2D eigenvalue weighted by atomic mass is 10.1. The number of nitrogens with zero attached hydrogens (tertiary/aromatic N) is 3. The Morgan fingerprint density at radius 2 is 2.09 bits per heavy atom. The predicted molar refractivity (Wildman–Crippen MR) is 118 cm³/mol. The van der Waals surface area contributed by atoms with Crippen molar-refractivity contribution in [3.8, 4) is 11.5 Å². The van der Waals surface area contributed by atoms with E-state index in [1.807, 2.05) is 0 Å². The Morgan fingerprint density at radius 3 is 2.79 bits per heavy atom. The van der Waals surface area contributed by atoms with Crippen LogP contribution in [0.2, 0.25) is 5.15 Å². The monoisotopic (exact) mass is 478 g/mol. The molecule has 0 bridgehead atoms. The van der Waals surface area contributed by atoms with Gasteiger partial charge in [0.15, 0.2) is 11.6 Å². The van der Waals surface area contributed by atoms with Gasteiger partial charge in [-0.1, -0.05) is 11.6 Å². The number of carbonyl (C=O) groups excluding carboxylic acids is 2. The summed E-state index contributed by atoms with van der Waals surface area (Å²) in [4.78, 5) is 31.9. The molecule has 2 aliphatic rings. The number of ether oxygens (including phenoxy) is 3. The van der Waals surface area contributed by atoms with E-state index in [1.165, 1.54) is 19.1 Å². The minimum Gasteiger partial charge on any atom is -0.497 e. The van der Waals surface area contributed by atoms with Gasteiger partial charge in [0.2, 0.25) is 0 Å². The van der Waals surface area contributed by atoms with E-state index in [0.29, 0.717) is 31.0 Å². The van der Waals surface area contributed by atoms with Crippen molar-refractivity contribution >= 4 is 29.4 Å². The average molecular weight is 479 g/mol. The standard InChI is InChI=1S/C22H24ClFN4O5/c1-31-14-5-4-12(16(8-14)32-2)9-28-11-15-17(21(28)29)19(23)26-20(18(15)24)27-7-6-13(10-27)25-22(30)33-3/h4-5,8,13H,6-7,9-11H2,1-3H3,(H,25,30)/t13-/m0/s1. The number of carbonyl (C=O) groups is 2. The fraction of sp³-hybridized carbons (Fsp3) is 0.409. The van der Waals surface area contributed by atoms with Gasteiger partial charge in [-0.15, -0.1) is 0 Å². The number of aromatic nitrogens is 1. The molecule has 2 amide bonds. The Labute approximate surface area is 195 Å². The topological polar surface area (TPSA) is 93.2 Å². The summed E-state index contributed by atoms with van der Waals surface area (Å²) in [6, 6.07) is 5.09. The molecular weight excluding hydrogens is 455 g/mol. The third kappa shape index (κ3) is 4.35. The van der Waals surface area contributed by atoms with Gasteiger partial charge in [0.25, 0.3) is 5.91 Å². The van der Waals surface area contributed by atoms with Crippen molar-refractivity contribution < 1.29 is 28.2 Å². The number of hydrogen-bond acceptors (Lipinski definition) is 7. The molecule has 0 radical (unpaired) electrons. The van der Waals surface area contributed by atoms with Crippen LogP contribution < -0.4 is 19.7 Å². The van der Waals surface area contributed by atoms with Crippen LogP contribution in [0.1, 0.15) is 27.9 Å². The van der Waals surface area contributed by atoms with Crippen molar-refractivity contribution in [1.29, 1.82) is 0 Å². The molecule has 0 aliphatic carbocycles. The quantitative estimate of drug-likeness (QED) is 0.638. The maximum atomic E-state index is 15.5. The zero-order chi connectivity index (χ0) is 23.7. The second-order valence-corrected chi connectivity index (χ2v) is 8.16. The first-order chi connectivity index (χ1) is 15.9. The largest absolute Gasteiger partial charge is 0.497 e. The van der Waals surface area contributed by atoms with E-state index in [4.69, 9.17) is 21.1 Å². The summed E-state index contributed by atoms with van der Waals surface area (Å²) < 4.78 is 30.7. The first-order valence-electron chi connectivity index (χ1n) is 10.3. The van der Waals surface area contributed by atoms with Crippen LogP contribution in [0.15, 0.2) is 18.2 Å². The molecule has 0 unspecified atom stereocenters. The molecular formula is C22H24ClFN4O5. The van der Waals surface area contributed by atoms with Gasteiger partial charge in [-0.3, -0.25) is 4.79 Å². The number of methoxy groups -OCH3 is 3. The highest BCUT2D eigenvalue weighted by molar-refractivity contribution is 6.33. The first kappa shape index (κ1) is 22.9. The van der Waals surface area contributed by atoms with Crippen molar-refractivity contribution in [3.05, 3.63) is 45.9 Å². The van der Waals surface area contributed by atoms with Crippen molar-refractivity contribution in [2.45, 2.75) is 25.6 Å². The van der Waals surface area contributed by atoms with Gasteiger partial charge in [-0.25, -0.2) is 14.2 Å². The fourth-order valence-electron chi connectivity index (χ4n) is 4.18. The molecule has 1 saturated heterocycles. The summed E-state index contributed by atoms with van der Waals surface area (Å²) in [6.45, 7) is 1.10. The lowest BCUT2D eigenvalue weighted by Crippen LogP contribution is -2.37. The van der Waals surface area contributed by atoms with E-state index in [9.17, 15) is 9.59 Å². The van der Waals surface area contributed by atoms with Crippen LogP contribution in [-0.4, -0.2) is 62.3 Å². The highest BCUT2D eigenvalue weighted by Gasteiger charge is 2.37. The third-order valence-electron chi connectivity index (χ3n) is 5.87. The normalized spacial score (nSPS) is 17.2. The molecule has 1 fully saturated rings. The Hall–Kier alpha value is -3.27. The maximum absolute atomic E-state index is 15.5. The molecule has 2 aliphatic heterocycles. The summed E-state index contributed by atoms with van der Waals surface area (Å²) in [5, 5.41) is 2.66. The molecule has 9 nitrogen and oxygen atoms in total. The molecule has 0 saturated carbocycles. The molecule has 1 atom stereocenters. The lowest BCUT2D eigenvalue weighted by Gasteiger charge is -2.20. The molecule has 2 aromatic rings. The zero-order valence-electron chi connectivity index (χ0n) is 18.5. The molecule has 176 valence electrons. The summed E-state index contributed by atoms with van der Waals surface area (Å²) in [6.07, 6.45) is 0.0604. The molecule has 4 rings (SSSR count). The SMILES string of the molecule is COC(=O)N[C@H]1CCN(c2nc(Cl)c3c(c2F)CN(Cc2ccc(OC)cc2OC)C3=O)C1. The summed E-state index contributed by atoms with van der Waals surface area (Å²) >= 11 is 6.35. The number of nitrogens with one attached hydrogen (secondary N) is 1. The summed E-state index contributed by atoms with van der Waals surface area (Å²) in [7, 11) is 4.37. The summed E-state index contributed by atoms with van der Waals surface area (Å²) in [5.74, 6) is 0.289. The highest BCUT2D eigenvalue weighted by Crippen LogP contribution is 2.37. The third-order valence-corrected chi connectivity index (χ3v) is 6.15. The van der Waals surface area contributed by atoms with Crippen molar-refractivity contribution in [3.63, 3.8) is 0 Å². The number of rotatable bonds is 6. The van der Waals surface area contributed by atoms with Crippen molar-refractivity contribution in [1.82, 2.24) is 15.2 Å². The van der Waals surface area contributed by atoms with Crippen LogP contribution >= 0.6 is 11.6 Å². The highest BCUT2D eigenvalue weighted by atomic mass is 35.5. The Morgan fingerprint density at radius 1 is 1.30 bits per heavy atom. The van der Waals surface area contributed by atoms with Crippen LogP contribution in [-0.2, 0) is 17.8 Å². The number of amides is 2. The maximum Gasteiger partial charge on any atom is 0.407 e. The molecule has 1 aromatic heterocycles. The average Bonchev–Trinajstić information content (AvgIpc) is 3.41. The van der Waals surface area contributed by atoms with Gasteiger partial charge < -0.3 is 29.3 Å². The molecule has 11 heteroatoms. The number of benzene rings is 1. The summed E-state index contributed by atoms with van der Waals surface area (Å²) in [5.41, 5.74) is 1.04. The molecule has 0 spiro atoms. The molecule has 33 heavy (non-hydrogen) atoms. The number of anilines is 1. The van der Waals surface area contributed by atoms with Gasteiger partial charge in [0.1, 0.15) is 16.7 Å². The van der Waals surface area contributed by atoms with Crippen LogP contribution in [0.4, 0.5) is 15.0 Å². The number of pyridine rings is 1. The van der Waals surface area contributed by atoms with Crippen molar-refractivity contribution in [2.75, 3.05) is 39.3 Å². The van der Waals surface area contributed by atoms with Crippen LogP contribution in [0, 0.1) is 5.82 Å². The van der Waals surface area contributed by atoms with E-state index >= 15 is 4.39 Å². The van der Waals surface area contributed by atoms with E-state index in [0.717, 1.165) is 5.56 Å². The second-order valence-electron chi connectivity index (χ2n) is 7.80. The van der Waals surface area contributed by atoms with Crippen LogP contribution in [0.5, 0.6) is 11.5 Å². The van der Waals surface area contributed by atoms with Gasteiger partial charge in [0, 0.05) is 36.8 Å². The van der Waals surface area contributed by atoms with Gasteiger partial charge in [-0.05, 0) is 18.6 Å². The van der Waals surface area contributed by atoms with Gasteiger partial charge in [-0.2, -0.15) is 0 Å². The second kappa shape index (κ2) is 9.30. The first-order valence-corrected chi connectivity index (χ1v) is 10.7. The van der Waals surface area contributed by atoms with Crippen molar-refractivity contribution in [2.24, 2.45) is 0 Å². The van der Waals surface area contributed by atoms with Gasteiger partial charge in [0.05, 0.1) is 39.5 Å². The van der Waals surface area contributed by atoms with Gasteiger partial charge >= 0.3 is 6.09 Å². The van der Waals surface area contributed by atoms with E-state index < -0.39 is 17.8 Å². The fourth-order valence-corrected chi connectivity index (χ4v) is 4.45. The molecule has 3 heterocycles. The predicted octanol–water partition coefficient (Wildman–Crippen LogP) is 2.98. The minimum absolute atomic E-state index is 0.0417. The van der Waals surface area contributed by atoms with E-state index in [1.54, 1.807) is 30.2 Å². The lowest BCUT2D eigenvalue weighted by molar-refractivity contribution is 0.0765. The Balaban J connectivity index is 1.56. The molecule has 1 aromatic carbocycles. The number of alkyl carbamates (subject to hydrolysis) is 1. The smallest absolute Gasteiger partial charge is 0.407 e. The Kier molecular flexibility index (Phi) is 6.46.